The average Bonchev–Trinajstić information content (AvgIpc) is 2.33. The fourth-order valence-electron chi connectivity index (χ4n) is 2.00. The van der Waals surface area contributed by atoms with E-state index < -0.39 is 0 Å². The van der Waals surface area contributed by atoms with E-state index in [0.717, 1.165) is 11.4 Å². The fraction of sp³-hybridized carbons (Fsp3) is 0.250. The molecule has 2 rings (SSSR count). The van der Waals surface area contributed by atoms with Crippen molar-refractivity contribution in [3.63, 3.8) is 0 Å². The summed E-state index contributed by atoms with van der Waals surface area (Å²) in [5.74, 6) is 0. The molecule has 0 aliphatic heterocycles. The largest absolute Gasteiger partial charge is 0.305 e. The van der Waals surface area contributed by atoms with Crippen LogP contribution in [0.1, 0.15) is 11.1 Å². The zero-order valence-electron chi connectivity index (χ0n) is 11.1. The molecule has 2 heteroatoms. The van der Waals surface area contributed by atoms with Crippen LogP contribution in [-0.4, -0.2) is 19.0 Å². The standard InChI is InChI=1S/C16H19NS/c1-12-10-15(8-9-16(12)18)14-6-4-13(5-7-14)11-17(2)3/h4-10,18H,11H2,1-3H3. The van der Waals surface area contributed by atoms with Gasteiger partial charge in [0.1, 0.15) is 0 Å². The van der Waals surface area contributed by atoms with E-state index in [0.29, 0.717) is 0 Å². The Bertz CT molecular complexity index is 529. The molecule has 0 fully saturated rings. The lowest BCUT2D eigenvalue weighted by Gasteiger charge is -2.10. The van der Waals surface area contributed by atoms with Crippen LogP contribution in [0, 0.1) is 6.92 Å². The molecule has 2 aromatic rings. The molecule has 0 atom stereocenters. The van der Waals surface area contributed by atoms with Gasteiger partial charge in [-0.3, -0.25) is 0 Å². The summed E-state index contributed by atoms with van der Waals surface area (Å²) in [5.41, 5.74) is 5.06. The first-order valence-corrected chi connectivity index (χ1v) is 6.54. The fourth-order valence-corrected chi connectivity index (χ4v) is 2.14. The highest BCUT2D eigenvalue weighted by molar-refractivity contribution is 7.80. The van der Waals surface area contributed by atoms with Crippen LogP contribution in [0.5, 0.6) is 0 Å². The summed E-state index contributed by atoms with van der Waals surface area (Å²) in [6, 6.07) is 15.1. The summed E-state index contributed by atoms with van der Waals surface area (Å²) in [4.78, 5) is 3.22. The van der Waals surface area contributed by atoms with E-state index in [-0.39, 0.29) is 0 Å². The lowest BCUT2D eigenvalue weighted by molar-refractivity contribution is 0.402. The van der Waals surface area contributed by atoms with Crippen molar-refractivity contribution in [3.05, 3.63) is 53.6 Å². The summed E-state index contributed by atoms with van der Waals surface area (Å²) in [5, 5.41) is 0. The number of thiol groups is 1. The van der Waals surface area contributed by atoms with Gasteiger partial charge in [-0.05, 0) is 49.3 Å². The SMILES string of the molecule is Cc1cc(-c2ccc(CN(C)C)cc2)ccc1S. The van der Waals surface area contributed by atoms with Crippen molar-refractivity contribution < 1.29 is 0 Å². The number of nitrogens with zero attached hydrogens (tertiary/aromatic N) is 1. The Hall–Kier alpha value is -1.25. The summed E-state index contributed by atoms with van der Waals surface area (Å²) in [6.07, 6.45) is 0. The van der Waals surface area contributed by atoms with Crippen LogP contribution < -0.4 is 0 Å². The molecule has 0 saturated carbocycles. The van der Waals surface area contributed by atoms with Crippen LogP contribution in [0.25, 0.3) is 11.1 Å². The highest BCUT2D eigenvalue weighted by atomic mass is 32.1. The van der Waals surface area contributed by atoms with E-state index in [1.807, 2.05) is 0 Å². The van der Waals surface area contributed by atoms with Gasteiger partial charge in [-0.1, -0.05) is 36.4 Å². The predicted molar refractivity (Wildman–Crippen MR) is 81.3 cm³/mol. The Morgan fingerprint density at radius 3 is 2.11 bits per heavy atom. The lowest BCUT2D eigenvalue weighted by atomic mass is 10.0. The molecule has 0 unspecified atom stereocenters. The molecule has 0 amide bonds. The molecule has 0 N–H and O–H groups in total. The number of benzene rings is 2. The van der Waals surface area contributed by atoms with Crippen LogP contribution in [-0.2, 0) is 6.54 Å². The molecule has 0 aromatic heterocycles. The van der Waals surface area contributed by atoms with E-state index in [1.54, 1.807) is 0 Å². The van der Waals surface area contributed by atoms with Crippen molar-refractivity contribution in [1.29, 1.82) is 0 Å². The van der Waals surface area contributed by atoms with E-state index in [2.05, 4.69) is 81.0 Å². The van der Waals surface area contributed by atoms with Gasteiger partial charge < -0.3 is 4.90 Å². The molecule has 0 bridgehead atoms. The zero-order valence-corrected chi connectivity index (χ0v) is 12.0. The topological polar surface area (TPSA) is 3.24 Å². The van der Waals surface area contributed by atoms with Gasteiger partial charge in [0.15, 0.2) is 0 Å². The normalized spacial score (nSPS) is 10.9. The van der Waals surface area contributed by atoms with Crippen LogP contribution in [0.2, 0.25) is 0 Å². The van der Waals surface area contributed by atoms with Gasteiger partial charge in [-0.25, -0.2) is 0 Å². The maximum absolute atomic E-state index is 4.41. The quantitative estimate of drug-likeness (QED) is 0.813. The molecular formula is C16H19NS. The second kappa shape index (κ2) is 5.59. The molecule has 0 heterocycles. The molecule has 0 aliphatic carbocycles. The van der Waals surface area contributed by atoms with Crippen molar-refractivity contribution in [2.75, 3.05) is 14.1 Å². The minimum Gasteiger partial charge on any atom is -0.305 e. The molecule has 0 aliphatic rings. The summed E-state index contributed by atoms with van der Waals surface area (Å²) < 4.78 is 0. The summed E-state index contributed by atoms with van der Waals surface area (Å²) in [6.45, 7) is 3.07. The first-order valence-electron chi connectivity index (χ1n) is 6.10. The summed E-state index contributed by atoms with van der Waals surface area (Å²) in [7, 11) is 4.17. The molecule has 1 nitrogen and oxygen atoms in total. The number of aryl methyl sites for hydroxylation is 1. The molecule has 0 saturated heterocycles. The van der Waals surface area contributed by atoms with Gasteiger partial charge >= 0.3 is 0 Å². The van der Waals surface area contributed by atoms with Gasteiger partial charge in [0.25, 0.3) is 0 Å². The van der Waals surface area contributed by atoms with Crippen molar-refractivity contribution in [1.82, 2.24) is 4.90 Å². The van der Waals surface area contributed by atoms with E-state index in [1.165, 1.54) is 22.3 Å². The van der Waals surface area contributed by atoms with Crippen molar-refractivity contribution in [3.8, 4) is 11.1 Å². The van der Waals surface area contributed by atoms with Crippen LogP contribution in [0.4, 0.5) is 0 Å². The lowest BCUT2D eigenvalue weighted by Crippen LogP contribution is -2.10. The molecule has 2 aromatic carbocycles. The minimum atomic E-state index is 0.981. The zero-order chi connectivity index (χ0) is 13.1. The Morgan fingerprint density at radius 2 is 1.56 bits per heavy atom. The van der Waals surface area contributed by atoms with Gasteiger partial charge in [0.2, 0.25) is 0 Å². The highest BCUT2D eigenvalue weighted by Gasteiger charge is 2.01. The van der Waals surface area contributed by atoms with Crippen molar-refractivity contribution in [2.24, 2.45) is 0 Å². The Kier molecular flexibility index (Phi) is 4.10. The van der Waals surface area contributed by atoms with Gasteiger partial charge in [0.05, 0.1) is 0 Å². The predicted octanol–water partition coefficient (Wildman–Crippen LogP) is 4.01. The Labute approximate surface area is 115 Å². The molecule has 18 heavy (non-hydrogen) atoms. The first kappa shape index (κ1) is 13.2. The average molecular weight is 257 g/mol. The third-order valence-corrected chi connectivity index (χ3v) is 3.48. The van der Waals surface area contributed by atoms with Gasteiger partial charge in [-0.15, -0.1) is 12.6 Å². The second-order valence-corrected chi connectivity index (χ2v) is 5.42. The Balaban J connectivity index is 2.25. The van der Waals surface area contributed by atoms with Crippen molar-refractivity contribution >= 4 is 12.6 Å². The third-order valence-electron chi connectivity index (χ3n) is 2.98. The highest BCUT2D eigenvalue weighted by Crippen LogP contribution is 2.24. The second-order valence-electron chi connectivity index (χ2n) is 4.94. The molecular weight excluding hydrogens is 238 g/mol. The van der Waals surface area contributed by atoms with E-state index in [9.17, 15) is 0 Å². The number of hydrogen-bond acceptors (Lipinski definition) is 2. The van der Waals surface area contributed by atoms with Crippen LogP contribution in [0.15, 0.2) is 47.4 Å². The Morgan fingerprint density at radius 1 is 0.944 bits per heavy atom. The van der Waals surface area contributed by atoms with Crippen molar-refractivity contribution in [2.45, 2.75) is 18.4 Å². The van der Waals surface area contributed by atoms with Crippen LogP contribution >= 0.6 is 12.6 Å². The van der Waals surface area contributed by atoms with E-state index >= 15 is 0 Å². The van der Waals surface area contributed by atoms with E-state index in [4.69, 9.17) is 0 Å². The first-order chi connectivity index (χ1) is 8.56. The van der Waals surface area contributed by atoms with Gasteiger partial charge in [-0.2, -0.15) is 0 Å². The number of rotatable bonds is 3. The molecule has 0 radical (unpaired) electrons. The minimum absolute atomic E-state index is 0.981. The van der Waals surface area contributed by atoms with Gasteiger partial charge in [0, 0.05) is 11.4 Å². The monoisotopic (exact) mass is 257 g/mol. The van der Waals surface area contributed by atoms with Crippen LogP contribution in [0.3, 0.4) is 0 Å². The number of hydrogen-bond donors (Lipinski definition) is 1. The molecule has 0 spiro atoms. The molecule has 94 valence electrons. The summed E-state index contributed by atoms with van der Waals surface area (Å²) >= 11 is 4.41. The maximum Gasteiger partial charge on any atom is 0.0227 e. The smallest absolute Gasteiger partial charge is 0.0227 e. The maximum atomic E-state index is 4.41. The third kappa shape index (κ3) is 3.15.